The van der Waals surface area contributed by atoms with E-state index >= 15 is 0 Å². The molecular weight excluding hydrogens is 305 g/mol. The Balaban J connectivity index is 1.98. The van der Waals surface area contributed by atoms with Crippen molar-refractivity contribution in [1.82, 2.24) is 0 Å². The largest absolute Gasteiger partial charge is 0.416 e. The highest BCUT2D eigenvalue weighted by Gasteiger charge is 2.47. The fraction of sp³-hybridized carbons (Fsp3) is 0.353. The van der Waals surface area contributed by atoms with Crippen LogP contribution in [0.4, 0.5) is 18.9 Å². The fourth-order valence-electron chi connectivity index (χ4n) is 3.21. The number of hydrogen-bond acceptors (Lipinski definition) is 3. The van der Waals surface area contributed by atoms with E-state index in [0.717, 1.165) is 10.8 Å². The highest BCUT2D eigenvalue weighted by atomic mass is 19.4. The lowest BCUT2D eigenvalue weighted by atomic mass is 10.0. The van der Waals surface area contributed by atoms with Gasteiger partial charge < -0.3 is 10.0 Å². The van der Waals surface area contributed by atoms with Gasteiger partial charge in [-0.15, -0.1) is 0 Å². The number of benzene rings is 2. The third-order valence-corrected chi connectivity index (χ3v) is 4.32. The van der Waals surface area contributed by atoms with Crippen LogP contribution in [-0.4, -0.2) is 30.0 Å². The summed E-state index contributed by atoms with van der Waals surface area (Å²) in [5, 5.41) is 20.3. The molecule has 1 N–H and O–H groups in total. The zero-order valence-corrected chi connectivity index (χ0v) is 12.2. The average molecular weight is 320 g/mol. The lowest BCUT2D eigenvalue weighted by Gasteiger charge is -2.31. The van der Waals surface area contributed by atoms with Gasteiger partial charge in [0.25, 0.3) is 0 Å². The molecule has 0 aromatic heterocycles. The Morgan fingerprint density at radius 1 is 1.26 bits per heavy atom. The first-order chi connectivity index (χ1) is 10.9. The molecule has 0 radical (unpaired) electrons. The maximum absolute atomic E-state index is 12.8. The van der Waals surface area contributed by atoms with Gasteiger partial charge in [0.2, 0.25) is 0 Å². The van der Waals surface area contributed by atoms with Crippen LogP contribution in [0.25, 0.3) is 10.8 Å². The molecule has 1 heterocycles. The normalized spacial score (nSPS) is 19.8. The number of hydrogen-bond donors (Lipinski definition) is 1. The Kier molecular flexibility index (Phi) is 3.90. The van der Waals surface area contributed by atoms with Crippen LogP contribution >= 0.6 is 0 Å². The summed E-state index contributed by atoms with van der Waals surface area (Å²) in [5.74, 6) is 0. The summed E-state index contributed by atoms with van der Waals surface area (Å²) in [5.41, 5.74) is 1.17. The van der Waals surface area contributed by atoms with Crippen LogP contribution in [0.3, 0.4) is 0 Å². The second-order valence-corrected chi connectivity index (χ2v) is 5.71. The van der Waals surface area contributed by atoms with E-state index in [9.17, 15) is 18.3 Å². The number of aliphatic hydroxyl groups excluding tert-OH is 1. The van der Waals surface area contributed by atoms with Crippen LogP contribution in [0.2, 0.25) is 0 Å². The van der Waals surface area contributed by atoms with E-state index in [2.05, 4.69) is 6.07 Å². The molecule has 2 aromatic carbocycles. The van der Waals surface area contributed by atoms with E-state index < -0.39 is 18.3 Å². The minimum absolute atomic E-state index is 0.303. The van der Waals surface area contributed by atoms with Crippen molar-refractivity contribution in [3.8, 4) is 6.07 Å². The van der Waals surface area contributed by atoms with Crippen molar-refractivity contribution in [3.63, 3.8) is 0 Å². The molecule has 1 unspecified atom stereocenters. The summed E-state index contributed by atoms with van der Waals surface area (Å²) in [6.07, 6.45) is -6.07. The van der Waals surface area contributed by atoms with Crippen molar-refractivity contribution in [2.24, 2.45) is 0 Å². The Morgan fingerprint density at radius 3 is 2.74 bits per heavy atom. The second-order valence-electron chi connectivity index (χ2n) is 5.71. The first-order valence-corrected chi connectivity index (χ1v) is 7.36. The number of rotatable bonds is 2. The predicted octanol–water partition coefficient (Wildman–Crippen LogP) is 3.60. The van der Waals surface area contributed by atoms with E-state index in [-0.39, 0.29) is 0 Å². The van der Waals surface area contributed by atoms with Gasteiger partial charge in [0, 0.05) is 12.2 Å². The Bertz CT molecular complexity index is 767. The topological polar surface area (TPSA) is 47.3 Å². The SMILES string of the molecule is N#Cc1cccc2cc(N3CCC[C@@H]3C(O)C(F)(F)F)ccc12. The summed E-state index contributed by atoms with van der Waals surface area (Å²) in [6, 6.07) is 11.6. The second kappa shape index (κ2) is 5.74. The van der Waals surface area contributed by atoms with E-state index in [1.807, 2.05) is 6.07 Å². The van der Waals surface area contributed by atoms with Crippen molar-refractivity contribution in [2.45, 2.75) is 31.2 Å². The standard InChI is InChI=1S/C17H15F3N2O/c18-17(19,20)16(23)15-5-2-8-22(15)13-6-7-14-11(9-13)3-1-4-12(14)10-21/h1,3-4,6-7,9,15-16,23H,2,5,8H2/t15-,16?/m1/s1. The third-order valence-electron chi connectivity index (χ3n) is 4.32. The summed E-state index contributed by atoms with van der Waals surface area (Å²) in [7, 11) is 0. The number of anilines is 1. The molecule has 1 saturated heterocycles. The van der Waals surface area contributed by atoms with Gasteiger partial charge in [-0.05, 0) is 41.8 Å². The minimum atomic E-state index is -4.63. The molecule has 2 aromatic rings. The maximum atomic E-state index is 12.8. The number of nitrogens with zero attached hydrogens (tertiary/aromatic N) is 2. The average Bonchev–Trinajstić information content (AvgIpc) is 3.01. The Labute approximate surface area is 131 Å². The number of fused-ring (bicyclic) bond motifs is 1. The number of nitriles is 1. The minimum Gasteiger partial charge on any atom is -0.382 e. The van der Waals surface area contributed by atoms with Gasteiger partial charge in [-0.25, -0.2) is 0 Å². The highest BCUT2D eigenvalue weighted by Crippen LogP contribution is 2.35. The molecule has 0 amide bonds. The van der Waals surface area contributed by atoms with E-state index in [1.54, 1.807) is 35.2 Å². The molecule has 120 valence electrons. The molecule has 0 saturated carbocycles. The zero-order chi connectivity index (χ0) is 16.6. The molecule has 6 heteroatoms. The predicted molar refractivity (Wildman–Crippen MR) is 81.1 cm³/mol. The van der Waals surface area contributed by atoms with Crippen molar-refractivity contribution in [3.05, 3.63) is 42.0 Å². The van der Waals surface area contributed by atoms with Crippen LogP contribution in [0.15, 0.2) is 36.4 Å². The molecule has 0 aliphatic carbocycles. The Hall–Kier alpha value is -2.26. The first-order valence-electron chi connectivity index (χ1n) is 7.36. The molecule has 0 bridgehead atoms. The summed E-state index contributed by atoms with van der Waals surface area (Å²) >= 11 is 0. The van der Waals surface area contributed by atoms with Gasteiger partial charge in [0.05, 0.1) is 17.7 Å². The molecular formula is C17H15F3N2O. The van der Waals surface area contributed by atoms with Crippen LogP contribution < -0.4 is 4.90 Å². The van der Waals surface area contributed by atoms with Crippen molar-refractivity contribution >= 4 is 16.5 Å². The number of halogens is 3. The fourth-order valence-corrected chi connectivity index (χ4v) is 3.21. The monoisotopic (exact) mass is 320 g/mol. The molecule has 0 spiro atoms. The molecule has 1 aliphatic heterocycles. The van der Waals surface area contributed by atoms with E-state index in [1.165, 1.54) is 0 Å². The lowest BCUT2D eigenvalue weighted by molar-refractivity contribution is -0.209. The molecule has 23 heavy (non-hydrogen) atoms. The number of aliphatic hydroxyl groups is 1. The smallest absolute Gasteiger partial charge is 0.382 e. The molecule has 1 aliphatic rings. The number of alkyl halides is 3. The quantitative estimate of drug-likeness (QED) is 0.919. The summed E-state index contributed by atoms with van der Waals surface area (Å²) in [4.78, 5) is 1.61. The zero-order valence-electron chi connectivity index (χ0n) is 12.2. The van der Waals surface area contributed by atoms with Gasteiger partial charge in [0.15, 0.2) is 6.10 Å². The third kappa shape index (κ3) is 2.84. The summed E-state index contributed by atoms with van der Waals surface area (Å²) < 4.78 is 38.5. The highest BCUT2D eigenvalue weighted by molar-refractivity contribution is 5.90. The van der Waals surface area contributed by atoms with Gasteiger partial charge in [-0.1, -0.05) is 18.2 Å². The van der Waals surface area contributed by atoms with Crippen molar-refractivity contribution < 1.29 is 18.3 Å². The van der Waals surface area contributed by atoms with Gasteiger partial charge in [-0.2, -0.15) is 18.4 Å². The van der Waals surface area contributed by atoms with Crippen molar-refractivity contribution in [1.29, 1.82) is 5.26 Å². The van der Waals surface area contributed by atoms with Gasteiger partial charge in [0.1, 0.15) is 0 Å². The molecule has 2 atom stereocenters. The molecule has 3 nitrogen and oxygen atoms in total. The lowest BCUT2D eigenvalue weighted by Crippen LogP contribution is -2.47. The van der Waals surface area contributed by atoms with Crippen LogP contribution in [-0.2, 0) is 0 Å². The van der Waals surface area contributed by atoms with Crippen molar-refractivity contribution in [2.75, 3.05) is 11.4 Å². The van der Waals surface area contributed by atoms with Crippen LogP contribution in [0.1, 0.15) is 18.4 Å². The summed E-state index contributed by atoms with van der Waals surface area (Å²) in [6.45, 7) is 0.473. The van der Waals surface area contributed by atoms with Gasteiger partial charge >= 0.3 is 6.18 Å². The van der Waals surface area contributed by atoms with E-state index in [0.29, 0.717) is 30.6 Å². The van der Waals surface area contributed by atoms with Crippen LogP contribution in [0, 0.1) is 11.3 Å². The molecule has 3 rings (SSSR count). The van der Waals surface area contributed by atoms with Gasteiger partial charge in [-0.3, -0.25) is 0 Å². The first kappa shape index (κ1) is 15.6. The Morgan fingerprint density at radius 2 is 2.04 bits per heavy atom. The van der Waals surface area contributed by atoms with Crippen LogP contribution in [0.5, 0.6) is 0 Å². The maximum Gasteiger partial charge on any atom is 0.416 e. The van der Waals surface area contributed by atoms with E-state index in [4.69, 9.17) is 5.26 Å². The molecule has 1 fully saturated rings.